The summed E-state index contributed by atoms with van der Waals surface area (Å²) in [6.45, 7) is 2.46. The van der Waals surface area contributed by atoms with Gasteiger partial charge in [0.2, 0.25) is 0 Å². The number of rotatable bonds is 5. The second-order valence-corrected chi connectivity index (χ2v) is 4.80. The van der Waals surface area contributed by atoms with E-state index in [2.05, 4.69) is 10.5 Å². The Morgan fingerprint density at radius 3 is 2.73 bits per heavy atom. The SMILES string of the molecule is CCOc1ccc(C(=O)N/N=C/c2cc(Cl)ccc2O)cc1. The van der Waals surface area contributed by atoms with Gasteiger partial charge in [0.1, 0.15) is 11.5 Å². The molecule has 6 heteroatoms. The normalized spacial score (nSPS) is 10.6. The number of ether oxygens (including phenoxy) is 1. The summed E-state index contributed by atoms with van der Waals surface area (Å²) in [6.07, 6.45) is 1.33. The van der Waals surface area contributed by atoms with Gasteiger partial charge in [-0.05, 0) is 49.4 Å². The van der Waals surface area contributed by atoms with Crippen LogP contribution >= 0.6 is 11.6 Å². The van der Waals surface area contributed by atoms with Crippen LogP contribution in [0.5, 0.6) is 11.5 Å². The highest BCUT2D eigenvalue weighted by molar-refractivity contribution is 6.30. The lowest BCUT2D eigenvalue weighted by molar-refractivity contribution is 0.0955. The first-order valence-electron chi connectivity index (χ1n) is 6.65. The number of benzene rings is 2. The van der Waals surface area contributed by atoms with Crippen LogP contribution in [0, 0.1) is 0 Å². The van der Waals surface area contributed by atoms with Gasteiger partial charge >= 0.3 is 0 Å². The molecule has 22 heavy (non-hydrogen) atoms. The lowest BCUT2D eigenvalue weighted by Crippen LogP contribution is -2.17. The van der Waals surface area contributed by atoms with Crippen LogP contribution in [0.4, 0.5) is 0 Å². The lowest BCUT2D eigenvalue weighted by atomic mass is 10.2. The van der Waals surface area contributed by atoms with Crippen LogP contribution in [0.25, 0.3) is 0 Å². The topological polar surface area (TPSA) is 70.9 Å². The van der Waals surface area contributed by atoms with Crippen molar-refractivity contribution in [3.63, 3.8) is 0 Å². The minimum absolute atomic E-state index is 0.0310. The van der Waals surface area contributed by atoms with E-state index in [1.54, 1.807) is 36.4 Å². The van der Waals surface area contributed by atoms with Crippen molar-refractivity contribution in [3.8, 4) is 11.5 Å². The van der Waals surface area contributed by atoms with Crippen LogP contribution in [0.2, 0.25) is 5.02 Å². The van der Waals surface area contributed by atoms with E-state index in [9.17, 15) is 9.90 Å². The quantitative estimate of drug-likeness (QED) is 0.657. The van der Waals surface area contributed by atoms with Gasteiger partial charge < -0.3 is 9.84 Å². The van der Waals surface area contributed by atoms with Crippen molar-refractivity contribution in [1.29, 1.82) is 0 Å². The summed E-state index contributed by atoms with van der Waals surface area (Å²) in [5, 5.41) is 13.9. The van der Waals surface area contributed by atoms with E-state index >= 15 is 0 Å². The number of amides is 1. The maximum atomic E-state index is 11.9. The molecule has 1 amide bonds. The van der Waals surface area contributed by atoms with Gasteiger partial charge in [0.25, 0.3) is 5.91 Å². The van der Waals surface area contributed by atoms with E-state index in [4.69, 9.17) is 16.3 Å². The third kappa shape index (κ3) is 4.23. The Morgan fingerprint density at radius 2 is 2.05 bits per heavy atom. The number of carbonyl (C=O) groups is 1. The van der Waals surface area contributed by atoms with Crippen LogP contribution in [-0.2, 0) is 0 Å². The number of phenols is 1. The first kappa shape index (κ1) is 15.9. The van der Waals surface area contributed by atoms with Gasteiger partial charge in [0.15, 0.2) is 0 Å². The molecule has 0 heterocycles. The zero-order valence-electron chi connectivity index (χ0n) is 11.9. The molecular weight excluding hydrogens is 304 g/mol. The summed E-state index contributed by atoms with van der Waals surface area (Å²) in [6, 6.07) is 11.3. The Hall–Kier alpha value is -2.53. The summed E-state index contributed by atoms with van der Waals surface area (Å²) < 4.78 is 5.30. The van der Waals surface area contributed by atoms with Gasteiger partial charge in [-0.15, -0.1) is 0 Å². The Bertz CT molecular complexity index is 684. The average Bonchev–Trinajstić information content (AvgIpc) is 2.51. The number of hydrazone groups is 1. The highest BCUT2D eigenvalue weighted by Crippen LogP contribution is 2.19. The average molecular weight is 319 g/mol. The largest absolute Gasteiger partial charge is 0.507 e. The van der Waals surface area contributed by atoms with Crippen LogP contribution in [-0.4, -0.2) is 23.8 Å². The molecule has 0 saturated carbocycles. The minimum atomic E-state index is -0.360. The van der Waals surface area contributed by atoms with E-state index in [-0.39, 0.29) is 11.7 Å². The fraction of sp³-hybridized carbons (Fsp3) is 0.125. The van der Waals surface area contributed by atoms with E-state index < -0.39 is 0 Å². The number of halogens is 1. The molecule has 0 saturated heterocycles. The van der Waals surface area contributed by atoms with Crippen LogP contribution < -0.4 is 10.2 Å². The maximum Gasteiger partial charge on any atom is 0.271 e. The number of hydrogen-bond acceptors (Lipinski definition) is 4. The Morgan fingerprint density at radius 1 is 1.32 bits per heavy atom. The Balaban J connectivity index is 2.00. The van der Waals surface area contributed by atoms with E-state index in [1.807, 2.05) is 6.92 Å². The van der Waals surface area contributed by atoms with Crippen LogP contribution in [0.3, 0.4) is 0 Å². The van der Waals surface area contributed by atoms with Gasteiger partial charge in [-0.25, -0.2) is 5.43 Å². The number of hydrogen-bond donors (Lipinski definition) is 2. The van der Waals surface area contributed by atoms with Gasteiger partial charge in [-0.3, -0.25) is 4.79 Å². The summed E-state index contributed by atoms with van der Waals surface area (Å²) >= 11 is 5.82. The zero-order chi connectivity index (χ0) is 15.9. The van der Waals surface area contributed by atoms with E-state index in [1.165, 1.54) is 12.3 Å². The molecule has 0 bridgehead atoms. The van der Waals surface area contributed by atoms with Crippen molar-refractivity contribution < 1.29 is 14.6 Å². The molecule has 5 nitrogen and oxygen atoms in total. The van der Waals surface area contributed by atoms with Crippen molar-refractivity contribution in [1.82, 2.24) is 5.43 Å². The second-order valence-electron chi connectivity index (χ2n) is 4.36. The fourth-order valence-corrected chi connectivity index (χ4v) is 1.90. The first-order chi connectivity index (χ1) is 10.6. The van der Waals surface area contributed by atoms with Crippen LogP contribution in [0.15, 0.2) is 47.6 Å². The predicted molar refractivity (Wildman–Crippen MR) is 85.8 cm³/mol. The van der Waals surface area contributed by atoms with Crippen molar-refractivity contribution in [2.24, 2.45) is 5.10 Å². The first-order valence-corrected chi connectivity index (χ1v) is 7.02. The maximum absolute atomic E-state index is 11.9. The molecule has 0 spiro atoms. The smallest absolute Gasteiger partial charge is 0.271 e. The molecule has 2 rings (SSSR count). The van der Waals surface area contributed by atoms with Crippen molar-refractivity contribution in [2.45, 2.75) is 6.92 Å². The molecule has 0 fully saturated rings. The lowest BCUT2D eigenvalue weighted by Gasteiger charge is -2.04. The molecule has 2 aromatic carbocycles. The van der Waals surface area contributed by atoms with Gasteiger partial charge in [-0.1, -0.05) is 11.6 Å². The second kappa shape index (κ2) is 7.47. The number of nitrogens with zero attached hydrogens (tertiary/aromatic N) is 1. The Labute approximate surface area is 133 Å². The summed E-state index contributed by atoms with van der Waals surface area (Å²) in [7, 11) is 0. The molecule has 2 N–H and O–H groups in total. The van der Waals surface area contributed by atoms with Crippen molar-refractivity contribution in [2.75, 3.05) is 6.61 Å². The number of nitrogens with one attached hydrogen (secondary N) is 1. The van der Waals surface area contributed by atoms with Gasteiger partial charge in [-0.2, -0.15) is 5.10 Å². The number of phenolic OH excluding ortho intramolecular Hbond substituents is 1. The summed E-state index contributed by atoms with van der Waals surface area (Å²) in [4.78, 5) is 11.9. The molecule has 0 radical (unpaired) electrons. The fourth-order valence-electron chi connectivity index (χ4n) is 1.72. The molecule has 114 valence electrons. The molecule has 0 aromatic heterocycles. The highest BCUT2D eigenvalue weighted by atomic mass is 35.5. The van der Waals surface area contributed by atoms with Crippen LogP contribution in [0.1, 0.15) is 22.8 Å². The van der Waals surface area contributed by atoms with Crippen molar-refractivity contribution >= 4 is 23.7 Å². The standard InChI is InChI=1S/C16H15ClN2O3/c1-2-22-14-6-3-11(4-7-14)16(21)19-18-10-12-9-13(17)5-8-15(12)20/h3-10,20H,2H2,1H3,(H,19,21)/b18-10+. The summed E-state index contributed by atoms with van der Waals surface area (Å²) in [5.41, 5.74) is 3.25. The molecule has 0 unspecified atom stereocenters. The minimum Gasteiger partial charge on any atom is -0.507 e. The molecular formula is C16H15ClN2O3. The molecule has 0 aliphatic rings. The van der Waals surface area contributed by atoms with Gasteiger partial charge in [0, 0.05) is 16.1 Å². The third-order valence-corrected chi connectivity index (χ3v) is 3.02. The highest BCUT2D eigenvalue weighted by Gasteiger charge is 2.04. The molecule has 0 aliphatic carbocycles. The zero-order valence-corrected chi connectivity index (χ0v) is 12.7. The molecule has 0 atom stereocenters. The van der Waals surface area contributed by atoms with Crippen molar-refractivity contribution in [3.05, 3.63) is 58.6 Å². The van der Waals surface area contributed by atoms with Gasteiger partial charge in [0.05, 0.1) is 12.8 Å². The van der Waals surface area contributed by atoms with E-state index in [0.29, 0.717) is 28.5 Å². The predicted octanol–water partition coefficient (Wildman–Crippen LogP) is 3.21. The molecule has 2 aromatic rings. The van der Waals surface area contributed by atoms with E-state index in [0.717, 1.165) is 0 Å². The third-order valence-electron chi connectivity index (χ3n) is 2.79. The number of aromatic hydroxyl groups is 1. The molecule has 0 aliphatic heterocycles. The monoisotopic (exact) mass is 318 g/mol. The number of carbonyl (C=O) groups excluding carboxylic acids is 1. The summed E-state index contributed by atoms with van der Waals surface area (Å²) in [5.74, 6) is 0.371. The Kier molecular flexibility index (Phi) is 5.38.